The number of anilines is 1. The number of aromatic nitrogens is 4. The largest absolute Gasteiger partial charge is 0.292 e. The second-order valence-corrected chi connectivity index (χ2v) is 6.59. The van der Waals surface area contributed by atoms with Crippen LogP contribution >= 0.6 is 11.3 Å². The summed E-state index contributed by atoms with van der Waals surface area (Å²) in [7, 11) is 0. The van der Waals surface area contributed by atoms with Crippen molar-refractivity contribution in [2.75, 3.05) is 5.43 Å². The van der Waals surface area contributed by atoms with E-state index in [0.717, 1.165) is 40.4 Å². The van der Waals surface area contributed by atoms with Crippen molar-refractivity contribution in [3.8, 4) is 0 Å². The van der Waals surface area contributed by atoms with Gasteiger partial charge in [-0.2, -0.15) is 4.52 Å². The third-order valence-electron chi connectivity index (χ3n) is 3.96. The van der Waals surface area contributed by atoms with E-state index in [-0.39, 0.29) is 0 Å². The van der Waals surface area contributed by atoms with Gasteiger partial charge in [-0.3, -0.25) is 5.43 Å². The highest BCUT2D eigenvalue weighted by Crippen LogP contribution is 2.39. The summed E-state index contributed by atoms with van der Waals surface area (Å²) >= 11 is 1.77. The standard InChI is InChI=1S/C13H16N6S/c1-6-3-4-9-8(5-6)10-11-15-7(2)18-19(11)13(17-14)16-12(10)20-9/h6H,3-5,14H2,1-2H3,(H,16,17). The molecule has 0 fully saturated rings. The lowest BCUT2D eigenvalue weighted by molar-refractivity contribution is 0.508. The Bertz CT molecular complexity index is 817. The number of aryl methyl sites for hydroxylation is 2. The normalized spacial score (nSPS) is 18.6. The molecule has 0 amide bonds. The highest BCUT2D eigenvalue weighted by Gasteiger charge is 2.24. The summed E-state index contributed by atoms with van der Waals surface area (Å²) in [6.07, 6.45) is 3.50. The number of thiophene rings is 1. The lowest BCUT2D eigenvalue weighted by Gasteiger charge is -2.17. The summed E-state index contributed by atoms with van der Waals surface area (Å²) < 4.78 is 1.71. The van der Waals surface area contributed by atoms with Crippen LogP contribution < -0.4 is 11.3 Å². The Morgan fingerprint density at radius 2 is 2.25 bits per heavy atom. The molecule has 4 rings (SSSR count). The molecule has 0 saturated carbocycles. The Kier molecular flexibility index (Phi) is 2.49. The molecule has 1 atom stereocenters. The molecule has 0 aromatic carbocycles. The third kappa shape index (κ3) is 1.56. The van der Waals surface area contributed by atoms with Crippen molar-refractivity contribution in [2.45, 2.75) is 33.1 Å². The minimum atomic E-state index is 0.541. The van der Waals surface area contributed by atoms with E-state index in [0.29, 0.717) is 5.95 Å². The van der Waals surface area contributed by atoms with Crippen molar-refractivity contribution < 1.29 is 0 Å². The maximum atomic E-state index is 5.56. The van der Waals surface area contributed by atoms with E-state index in [4.69, 9.17) is 5.84 Å². The predicted octanol–water partition coefficient (Wildman–Crippen LogP) is 2.06. The molecular formula is C13H16N6S. The fourth-order valence-corrected chi connectivity index (χ4v) is 4.23. The van der Waals surface area contributed by atoms with Gasteiger partial charge in [-0.05, 0) is 37.7 Å². The van der Waals surface area contributed by atoms with Crippen LogP contribution in [0.2, 0.25) is 0 Å². The number of fused-ring (bicyclic) bond motifs is 5. The van der Waals surface area contributed by atoms with E-state index in [9.17, 15) is 0 Å². The van der Waals surface area contributed by atoms with Gasteiger partial charge in [0.15, 0.2) is 5.65 Å². The molecule has 1 aliphatic rings. The molecule has 1 aliphatic carbocycles. The van der Waals surface area contributed by atoms with Crippen LogP contribution in [0.25, 0.3) is 15.9 Å². The number of nitrogens with one attached hydrogen (secondary N) is 1. The first-order chi connectivity index (χ1) is 9.67. The molecule has 0 radical (unpaired) electrons. The van der Waals surface area contributed by atoms with Gasteiger partial charge in [0.1, 0.15) is 10.7 Å². The van der Waals surface area contributed by atoms with Crippen molar-refractivity contribution in [3.63, 3.8) is 0 Å². The predicted molar refractivity (Wildman–Crippen MR) is 79.9 cm³/mol. The van der Waals surface area contributed by atoms with Gasteiger partial charge in [-0.25, -0.2) is 15.8 Å². The van der Waals surface area contributed by atoms with Crippen LogP contribution in [0.3, 0.4) is 0 Å². The second kappa shape index (κ2) is 4.13. The highest BCUT2D eigenvalue weighted by atomic mass is 32.1. The van der Waals surface area contributed by atoms with Crippen LogP contribution in [0.15, 0.2) is 0 Å². The molecule has 0 aliphatic heterocycles. The van der Waals surface area contributed by atoms with Crippen molar-refractivity contribution in [2.24, 2.45) is 11.8 Å². The molecule has 3 N–H and O–H groups in total. The first-order valence-electron chi connectivity index (χ1n) is 6.81. The molecule has 20 heavy (non-hydrogen) atoms. The average Bonchev–Trinajstić information content (AvgIpc) is 2.96. The Morgan fingerprint density at radius 1 is 1.40 bits per heavy atom. The zero-order chi connectivity index (χ0) is 13.9. The van der Waals surface area contributed by atoms with Gasteiger partial charge < -0.3 is 0 Å². The maximum Gasteiger partial charge on any atom is 0.241 e. The van der Waals surface area contributed by atoms with Crippen LogP contribution in [-0.4, -0.2) is 19.6 Å². The molecule has 0 spiro atoms. The van der Waals surface area contributed by atoms with Crippen molar-refractivity contribution >= 4 is 33.1 Å². The molecule has 0 saturated heterocycles. The van der Waals surface area contributed by atoms with Gasteiger partial charge in [0, 0.05) is 4.88 Å². The lowest BCUT2D eigenvalue weighted by atomic mass is 9.89. The number of nitrogens with two attached hydrogens (primary N) is 1. The van der Waals surface area contributed by atoms with Crippen molar-refractivity contribution in [1.29, 1.82) is 0 Å². The highest BCUT2D eigenvalue weighted by molar-refractivity contribution is 7.19. The van der Waals surface area contributed by atoms with E-state index in [2.05, 4.69) is 27.4 Å². The van der Waals surface area contributed by atoms with Gasteiger partial charge >= 0.3 is 0 Å². The van der Waals surface area contributed by atoms with Crippen LogP contribution in [-0.2, 0) is 12.8 Å². The number of nitrogens with zero attached hydrogens (tertiary/aromatic N) is 4. The molecule has 3 aromatic rings. The SMILES string of the molecule is Cc1nc2c3c4c(sc3nc(NN)n2n1)CCC(C)C4. The monoisotopic (exact) mass is 288 g/mol. The van der Waals surface area contributed by atoms with Gasteiger partial charge in [-0.1, -0.05) is 6.92 Å². The van der Waals surface area contributed by atoms with Gasteiger partial charge in [0.05, 0.1) is 5.39 Å². The van der Waals surface area contributed by atoms with Crippen LogP contribution in [0.5, 0.6) is 0 Å². The summed E-state index contributed by atoms with van der Waals surface area (Å²) in [6, 6.07) is 0. The Morgan fingerprint density at radius 3 is 3.05 bits per heavy atom. The van der Waals surface area contributed by atoms with Gasteiger partial charge in [-0.15, -0.1) is 16.4 Å². The molecule has 6 nitrogen and oxygen atoms in total. The molecule has 3 heterocycles. The van der Waals surface area contributed by atoms with Crippen molar-refractivity contribution in [1.82, 2.24) is 19.6 Å². The quantitative estimate of drug-likeness (QED) is 0.529. The Labute approximate surface area is 120 Å². The molecule has 7 heteroatoms. The Balaban J connectivity index is 2.13. The fourth-order valence-electron chi connectivity index (χ4n) is 3.01. The first kappa shape index (κ1) is 12.0. The summed E-state index contributed by atoms with van der Waals surface area (Å²) in [5.74, 6) is 7.56. The zero-order valence-electron chi connectivity index (χ0n) is 11.5. The number of hydrazine groups is 1. The topological polar surface area (TPSA) is 81.1 Å². The Hall–Kier alpha value is -1.73. The minimum absolute atomic E-state index is 0.541. The van der Waals surface area contributed by atoms with Crippen LogP contribution in [0, 0.1) is 12.8 Å². The molecule has 0 bridgehead atoms. The number of nitrogen functional groups attached to an aromatic ring is 1. The number of hydrogen-bond donors (Lipinski definition) is 2. The maximum absolute atomic E-state index is 5.56. The number of hydrogen-bond acceptors (Lipinski definition) is 6. The van der Waals surface area contributed by atoms with Crippen LogP contribution in [0.4, 0.5) is 5.95 Å². The lowest BCUT2D eigenvalue weighted by Crippen LogP contribution is -2.14. The van der Waals surface area contributed by atoms with E-state index in [1.54, 1.807) is 15.9 Å². The van der Waals surface area contributed by atoms with E-state index < -0.39 is 0 Å². The van der Waals surface area contributed by atoms with Crippen LogP contribution in [0.1, 0.15) is 29.6 Å². The molecular weight excluding hydrogens is 272 g/mol. The van der Waals surface area contributed by atoms with E-state index in [1.165, 1.54) is 16.9 Å². The third-order valence-corrected chi connectivity index (χ3v) is 5.15. The second-order valence-electron chi connectivity index (χ2n) is 5.51. The smallest absolute Gasteiger partial charge is 0.241 e. The van der Waals surface area contributed by atoms with Crippen molar-refractivity contribution in [3.05, 3.63) is 16.3 Å². The van der Waals surface area contributed by atoms with E-state index >= 15 is 0 Å². The molecule has 3 aromatic heterocycles. The molecule has 104 valence electrons. The zero-order valence-corrected chi connectivity index (χ0v) is 12.3. The summed E-state index contributed by atoms with van der Waals surface area (Å²) in [5.41, 5.74) is 4.90. The summed E-state index contributed by atoms with van der Waals surface area (Å²) in [4.78, 5) is 11.6. The minimum Gasteiger partial charge on any atom is -0.292 e. The molecule has 1 unspecified atom stereocenters. The fraction of sp³-hybridized carbons (Fsp3) is 0.462. The van der Waals surface area contributed by atoms with Gasteiger partial charge in [0.25, 0.3) is 0 Å². The summed E-state index contributed by atoms with van der Waals surface area (Å²) in [5, 5.41) is 5.55. The van der Waals surface area contributed by atoms with E-state index in [1.807, 2.05) is 6.92 Å². The first-order valence-corrected chi connectivity index (χ1v) is 7.63. The summed E-state index contributed by atoms with van der Waals surface area (Å²) in [6.45, 7) is 4.20. The number of rotatable bonds is 1. The average molecular weight is 288 g/mol. The van der Waals surface area contributed by atoms with Gasteiger partial charge in [0.2, 0.25) is 5.95 Å².